The molecule has 11 heteroatoms. The van der Waals surface area contributed by atoms with Crippen molar-refractivity contribution in [2.24, 2.45) is 4.99 Å². The van der Waals surface area contributed by atoms with Crippen LogP contribution in [0, 0.1) is 26.4 Å². The number of hydrogen-bond acceptors (Lipinski definition) is 9. The van der Waals surface area contributed by atoms with E-state index < -0.39 is 12.0 Å². The van der Waals surface area contributed by atoms with Crippen molar-refractivity contribution in [2.45, 2.75) is 6.04 Å². The van der Waals surface area contributed by atoms with Gasteiger partial charge in [0, 0.05) is 9.13 Å². The lowest BCUT2D eigenvalue weighted by Crippen LogP contribution is -2.32. The molecular weight excluding hydrogens is 463 g/mol. The number of nitrogen functional groups attached to an aromatic ring is 2. The minimum Gasteiger partial charge on any atom is -0.478 e. The van der Waals surface area contributed by atoms with E-state index in [9.17, 15) is 15.2 Å². The number of hydrogen-bond donors (Lipinski definition) is 5. The average molecular weight is 474 g/mol. The van der Waals surface area contributed by atoms with Crippen molar-refractivity contribution >= 4 is 51.8 Å². The summed E-state index contributed by atoms with van der Waals surface area (Å²) in [6.07, 6.45) is 1.75. The van der Waals surface area contributed by atoms with Crippen LogP contribution in [-0.2, 0) is 0 Å². The predicted octanol–water partition coefficient (Wildman–Crippen LogP) is 1.36. The molecule has 0 fully saturated rings. The molecular formula is C16H11IN8O2. The second-order valence-electron chi connectivity index (χ2n) is 5.48. The van der Waals surface area contributed by atoms with Gasteiger partial charge in [-0.25, -0.2) is 14.8 Å². The summed E-state index contributed by atoms with van der Waals surface area (Å²) in [5, 5.41) is 32.7. The largest absolute Gasteiger partial charge is 0.478 e. The van der Waals surface area contributed by atoms with Crippen LogP contribution in [0.4, 0.5) is 17.3 Å². The summed E-state index contributed by atoms with van der Waals surface area (Å²) >= 11 is 2.00. The fourth-order valence-corrected chi connectivity index (χ4v) is 3.41. The quantitative estimate of drug-likeness (QED) is 0.243. The number of carboxylic acids is 1. The number of nitrogens with zero attached hydrogens (tertiary/aromatic N) is 4. The van der Waals surface area contributed by atoms with Crippen LogP contribution in [-0.4, -0.2) is 22.0 Å². The highest BCUT2D eigenvalue weighted by Crippen LogP contribution is 2.40. The number of aromatic carboxylic acids is 1. The number of carbonyl (C=O) groups is 1. The summed E-state index contributed by atoms with van der Waals surface area (Å²) in [6, 6.07) is 5.83. The number of nitriles is 2. The topological polar surface area (TPSA) is 186 Å². The highest BCUT2D eigenvalue weighted by molar-refractivity contribution is 14.1. The number of anilines is 3. The summed E-state index contributed by atoms with van der Waals surface area (Å²) in [7, 11) is 0. The molecule has 134 valence electrons. The molecule has 0 bridgehead atoms. The maximum absolute atomic E-state index is 11.4. The first kappa shape index (κ1) is 18.2. The monoisotopic (exact) mass is 474 g/mol. The Morgan fingerprint density at radius 2 is 2.07 bits per heavy atom. The fraction of sp³-hybridized carbons (Fsp3) is 0.0625. The van der Waals surface area contributed by atoms with Crippen LogP contribution in [0.2, 0.25) is 0 Å². The molecule has 2 aromatic rings. The predicted molar refractivity (Wildman–Crippen MR) is 106 cm³/mol. The minimum absolute atomic E-state index is 0.0107. The Labute approximate surface area is 166 Å². The Morgan fingerprint density at radius 3 is 2.70 bits per heavy atom. The lowest BCUT2D eigenvalue weighted by Gasteiger charge is -2.26. The molecule has 2 heterocycles. The van der Waals surface area contributed by atoms with Crippen LogP contribution >= 0.6 is 22.6 Å². The van der Waals surface area contributed by atoms with Crippen molar-refractivity contribution in [3.63, 3.8) is 0 Å². The summed E-state index contributed by atoms with van der Waals surface area (Å²) < 4.78 is 0.676. The van der Waals surface area contributed by atoms with E-state index >= 15 is 0 Å². The van der Waals surface area contributed by atoms with Crippen LogP contribution < -0.4 is 22.1 Å². The number of aliphatic imine (C=N–C) groups is 1. The number of benzene rings is 1. The van der Waals surface area contributed by atoms with E-state index in [0.717, 1.165) is 0 Å². The third-order valence-corrected chi connectivity index (χ3v) is 4.46. The average Bonchev–Trinajstić information content (AvgIpc) is 2.61. The molecule has 1 unspecified atom stereocenters. The Bertz CT molecular complexity index is 1080. The van der Waals surface area contributed by atoms with Crippen molar-refractivity contribution < 1.29 is 9.90 Å². The fourth-order valence-electron chi connectivity index (χ4n) is 2.72. The Hall–Kier alpha value is -3.58. The molecule has 1 atom stereocenters. The molecule has 0 spiro atoms. The van der Waals surface area contributed by atoms with E-state index in [0.29, 0.717) is 14.7 Å². The number of carboxylic acid groups (broad SMARTS) is 1. The van der Waals surface area contributed by atoms with Crippen molar-refractivity contribution in [3.05, 3.63) is 44.0 Å². The van der Waals surface area contributed by atoms with Gasteiger partial charge in [0.25, 0.3) is 0 Å². The van der Waals surface area contributed by atoms with Crippen molar-refractivity contribution in [1.82, 2.24) is 10.3 Å². The van der Waals surface area contributed by atoms with Crippen molar-refractivity contribution in [1.29, 1.82) is 10.5 Å². The first-order chi connectivity index (χ1) is 12.8. The number of halogens is 1. The van der Waals surface area contributed by atoms with Gasteiger partial charge in [-0.2, -0.15) is 10.5 Å². The highest BCUT2D eigenvalue weighted by atomic mass is 127. The molecule has 1 aromatic carbocycles. The van der Waals surface area contributed by atoms with Gasteiger partial charge in [0.2, 0.25) is 5.96 Å². The van der Waals surface area contributed by atoms with E-state index in [1.165, 1.54) is 12.1 Å². The molecule has 0 amide bonds. The SMILES string of the molecule is N#CNC1=NC(c2cc(I)cc(C(=O)O)c2)c2c(nc(N)c(C#N)c2N)N1. The standard InChI is InChI=1S/C16H11IN8O2/c17-8-2-6(1-7(3-8)15(26)27)12-10-11(20)9(4-18)13(21)24-14(10)25-16(23-12)22-5-19/h1-3,12H,(H,26,27)(H6,20,21,22,23,24,25). The van der Waals surface area contributed by atoms with Gasteiger partial charge >= 0.3 is 5.97 Å². The Morgan fingerprint density at radius 1 is 1.33 bits per heavy atom. The van der Waals surface area contributed by atoms with E-state index in [1.807, 2.05) is 28.7 Å². The Balaban J connectivity index is 2.28. The Kier molecular flexibility index (Phi) is 4.70. The number of nitrogens with one attached hydrogen (secondary N) is 2. The molecule has 0 aliphatic carbocycles. The summed E-state index contributed by atoms with van der Waals surface area (Å²) in [5.41, 5.74) is 13.0. The van der Waals surface area contributed by atoms with Gasteiger partial charge in [0.15, 0.2) is 6.19 Å². The van der Waals surface area contributed by atoms with Crippen molar-refractivity contribution in [2.75, 3.05) is 16.8 Å². The second-order valence-corrected chi connectivity index (χ2v) is 6.73. The van der Waals surface area contributed by atoms with Gasteiger partial charge in [-0.3, -0.25) is 5.32 Å². The minimum atomic E-state index is -1.09. The van der Waals surface area contributed by atoms with E-state index in [2.05, 4.69) is 20.6 Å². The van der Waals surface area contributed by atoms with Gasteiger partial charge in [0.05, 0.1) is 11.3 Å². The number of rotatable bonds is 2. The second kappa shape index (κ2) is 6.97. The zero-order valence-electron chi connectivity index (χ0n) is 13.5. The van der Waals surface area contributed by atoms with Crippen LogP contribution in [0.5, 0.6) is 0 Å². The van der Waals surface area contributed by atoms with E-state index in [1.54, 1.807) is 12.3 Å². The maximum atomic E-state index is 11.4. The van der Waals surface area contributed by atoms with Crippen LogP contribution in [0.15, 0.2) is 23.2 Å². The van der Waals surface area contributed by atoms with Gasteiger partial charge in [0.1, 0.15) is 29.3 Å². The van der Waals surface area contributed by atoms with Gasteiger partial charge in [-0.05, 0) is 46.4 Å². The maximum Gasteiger partial charge on any atom is 0.335 e. The normalized spacial score (nSPS) is 14.8. The molecule has 10 nitrogen and oxygen atoms in total. The van der Waals surface area contributed by atoms with E-state index in [4.69, 9.17) is 16.7 Å². The van der Waals surface area contributed by atoms with Crippen LogP contribution in [0.25, 0.3) is 0 Å². The molecule has 1 aliphatic heterocycles. The first-order valence-electron chi connectivity index (χ1n) is 7.38. The molecule has 1 aliphatic rings. The number of fused-ring (bicyclic) bond motifs is 1. The first-order valence-corrected chi connectivity index (χ1v) is 8.46. The molecule has 3 rings (SSSR count). The number of nitrogens with two attached hydrogens (primary N) is 2. The third kappa shape index (κ3) is 3.28. The summed E-state index contributed by atoms with van der Waals surface area (Å²) in [4.78, 5) is 20.0. The molecule has 0 saturated carbocycles. The molecule has 0 radical (unpaired) electrons. The molecule has 7 N–H and O–H groups in total. The number of aromatic nitrogens is 1. The van der Waals surface area contributed by atoms with Crippen molar-refractivity contribution in [3.8, 4) is 12.3 Å². The number of guanidine groups is 1. The molecule has 1 aromatic heterocycles. The van der Waals surface area contributed by atoms with Crippen LogP contribution in [0.3, 0.4) is 0 Å². The van der Waals surface area contributed by atoms with Gasteiger partial charge < -0.3 is 21.9 Å². The molecule has 0 saturated heterocycles. The number of pyridine rings is 1. The molecule has 27 heavy (non-hydrogen) atoms. The lowest BCUT2D eigenvalue weighted by molar-refractivity contribution is 0.0696. The smallest absolute Gasteiger partial charge is 0.335 e. The summed E-state index contributed by atoms with van der Waals surface area (Å²) in [5.74, 6) is -0.823. The zero-order valence-corrected chi connectivity index (χ0v) is 15.6. The van der Waals surface area contributed by atoms with Crippen LogP contribution in [0.1, 0.15) is 33.1 Å². The van der Waals surface area contributed by atoms with Gasteiger partial charge in [-0.1, -0.05) is 0 Å². The third-order valence-electron chi connectivity index (χ3n) is 3.84. The zero-order chi connectivity index (χ0) is 19.7. The van der Waals surface area contributed by atoms with Gasteiger partial charge in [-0.15, -0.1) is 0 Å². The summed E-state index contributed by atoms with van der Waals surface area (Å²) in [6.45, 7) is 0. The highest BCUT2D eigenvalue weighted by Gasteiger charge is 2.30. The van der Waals surface area contributed by atoms with E-state index in [-0.39, 0.29) is 34.4 Å². The lowest BCUT2D eigenvalue weighted by atomic mass is 9.94.